The monoisotopic (exact) mass is 191 g/mol. The van der Waals surface area contributed by atoms with Gasteiger partial charge in [0.1, 0.15) is 5.82 Å². The normalized spacial score (nSPS) is 13.3. The molecule has 0 spiro atoms. The third-order valence-corrected chi connectivity index (χ3v) is 2.22. The van der Waals surface area contributed by atoms with E-state index in [1.54, 1.807) is 19.5 Å². The van der Waals surface area contributed by atoms with E-state index in [0.717, 1.165) is 11.3 Å². The van der Waals surface area contributed by atoms with Crippen LogP contribution in [0.3, 0.4) is 0 Å². The number of imidazole rings is 1. The van der Waals surface area contributed by atoms with Crippen molar-refractivity contribution in [1.29, 1.82) is 0 Å². The third-order valence-electron chi connectivity index (χ3n) is 2.22. The zero-order chi connectivity index (χ0) is 9.97. The van der Waals surface area contributed by atoms with E-state index in [2.05, 4.69) is 16.9 Å². The molecule has 0 N–H and O–H groups in total. The number of ether oxygens (including phenoxy) is 1. The molecule has 0 fully saturated rings. The van der Waals surface area contributed by atoms with Crippen LogP contribution in [0.15, 0.2) is 24.8 Å². The van der Waals surface area contributed by atoms with Crippen LogP contribution in [0.1, 0.15) is 18.7 Å². The molecule has 1 atom stereocenters. The molecule has 4 heteroatoms. The smallest absolute Gasteiger partial charge is 0.118 e. The molecule has 0 amide bonds. The van der Waals surface area contributed by atoms with Crippen molar-refractivity contribution < 1.29 is 4.74 Å². The predicted molar refractivity (Wildman–Crippen MR) is 53.3 cm³/mol. The van der Waals surface area contributed by atoms with Gasteiger partial charge in [0.2, 0.25) is 0 Å². The molecule has 0 radical (unpaired) electrons. The van der Waals surface area contributed by atoms with E-state index in [1.165, 1.54) is 0 Å². The molecular formula is C10H13N3O. The number of aromatic nitrogens is 3. The van der Waals surface area contributed by atoms with E-state index in [0.29, 0.717) is 12.5 Å². The third kappa shape index (κ3) is 1.48. The summed E-state index contributed by atoms with van der Waals surface area (Å²) >= 11 is 0. The van der Waals surface area contributed by atoms with Gasteiger partial charge in [-0.25, -0.2) is 4.98 Å². The highest BCUT2D eigenvalue weighted by atomic mass is 16.5. The van der Waals surface area contributed by atoms with E-state index in [1.807, 2.05) is 16.8 Å². The summed E-state index contributed by atoms with van der Waals surface area (Å²) in [5, 5.41) is 0. The highest BCUT2D eigenvalue weighted by Crippen LogP contribution is 2.15. The van der Waals surface area contributed by atoms with Crippen molar-refractivity contribution in [3.63, 3.8) is 0 Å². The number of hydrogen-bond acceptors (Lipinski definition) is 3. The lowest BCUT2D eigenvalue weighted by molar-refractivity contribution is 0.181. The fraction of sp³-hybridized carbons (Fsp3) is 0.400. The van der Waals surface area contributed by atoms with Crippen molar-refractivity contribution in [2.75, 3.05) is 13.7 Å². The number of hydrogen-bond donors (Lipinski definition) is 0. The molecule has 0 saturated heterocycles. The maximum absolute atomic E-state index is 5.11. The second-order valence-corrected chi connectivity index (χ2v) is 3.34. The molecule has 0 aliphatic heterocycles. The van der Waals surface area contributed by atoms with Crippen LogP contribution in [0, 0.1) is 0 Å². The van der Waals surface area contributed by atoms with Crippen molar-refractivity contribution in [3.05, 3.63) is 30.6 Å². The van der Waals surface area contributed by atoms with Gasteiger partial charge in [-0.05, 0) is 0 Å². The summed E-state index contributed by atoms with van der Waals surface area (Å²) in [5.41, 5.74) is 1.02. The molecule has 0 aromatic carbocycles. The van der Waals surface area contributed by atoms with Crippen LogP contribution in [-0.4, -0.2) is 28.1 Å². The van der Waals surface area contributed by atoms with E-state index < -0.39 is 0 Å². The summed E-state index contributed by atoms with van der Waals surface area (Å²) < 4.78 is 7.15. The number of fused-ring (bicyclic) bond motifs is 1. The highest BCUT2D eigenvalue weighted by molar-refractivity contribution is 5.43. The summed E-state index contributed by atoms with van der Waals surface area (Å²) in [6.07, 6.45) is 7.31. The van der Waals surface area contributed by atoms with Crippen LogP contribution in [0.2, 0.25) is 0 Å². The first-order valence-electron chi connectivity index (χ1n) is 4.59. The SMILES string of the molecule is COCC(C)c1ncc2cnccn12. The maximum atomic E-state index is 5.11. The molecule has 0 saturated carbocycles. The first kappa shape index (κ1) is 9.15. The lowest BCUT2D eigenvalue weighted by Crippen LogP contribution is -2.06. The van der Waals surface area contributed by atoms with E-state index in [9.17, 15) is 0 Å². The molecule has 2 aromatic heterocycles. The quantitative estimate of drug-likeness (QED) is 0.737. The minimum atomic E-state index is 0.296. The minimum Gasteiger partial charge on any atom is -0.384 e. The van der Waals surface area contributed by atoms with Gasteiger partial charge in [0.15, 0.2) is 0 Å². The van der Waals surface area contributed by atoms with Crippen LogP contribution >= 0.6 is 0 Å². The first-order valence-corrected chi connectivity index (χ1v) is 4.59. The van der Waals surface area contributed by atoms with Crippen LogP contribution in [0.25, 0.3) is 5.52 Å². The standard InChI is InChI=1S/C10H13N3O/c1-8(7-14-2)10-12-6-9-5-11-3-4-13(9)10/h3-6,8H,7H2,1-2H3. The van der Waals surface area contributed by atoms with Crippen molar-refractivity contribution >= 4 is 5.52 Å². The fourth-order valence-corrected chi connectivity index (χ4v) is 1.56. The summed E-state index contributed by atoms with van der Waals surface area (Å²) in [4.78, 5) is 8.40. The van der Waals surface area contributed by atoms with Crippen LogP contribution < -0.4 is 0 Å². The molecule has 2 rings (SSSR count). The Labute approximate surface area is 82.6 Å². The molecular weight excluding hydrogens is 178 g/mol. The Hall–Kier alpha value is -1.42. The molecule has 0 aliphatic rings. The van der Waals surface area contributed by atoms with Gasteiger partial charge in [0, 0.05) is 25.4 Å². The largest absolute Gasteiger partial charge is 0.384 e. The minimum absolute atomic E-state index is 0.296. The van der Waals surface area contributed by atoms with Crippen molar-refractivity contribution in [2.24, 2.45) is 0 Å². The van der Waals surface area contributed by atoms with E-state index >= 15 is 0 Å². The lowest BCUT2D eigenvalue weighted by atomic mass is 10.2. The Bertz CT molecular complexity index is 424. The molecule has 4 nitrogen and oxygen atoms in total. The molecule has 1 unspecified atom stereocenters. The van der Waals surface area contributed by atoms with Gasteiger partial charge in [-0.2, -0.15) is 0 Å². The summed E-state index contributed by atoms with van der Waals surface area (Å²) in [5.74, 6) is 1.31. The average Bonchev–Trinajstić information content (AvgIpc) is 2.61. The van der Waals surface area contributed by atoms with E-state index in [-0.39, 0.29) is 0 Å². The van der Waals surface area contributed by atoms with Crippen molar-refractivity contribution in [1.82, 2.24) is 14.4 Å². The zero-order valence-electron chi connectivity index (χ0n) is 8.34. The van der Waals surface area contributed by atoms with Gasteiger partial charge in [0.05, 0.1) is 24.5 Å². The molecule has 2 aromatic rings. The summed E-state index contributed by atoms with van der Waals surface area (Å²) in [6.45, 7) is 2.78. The van der Waals surface area contributed by atoms with Crippen LogP contribution in [-0.2, 0) is 4.74 Å². The molecule has 14 heavy (non-hydrogen) atoms. The zero-order valence-corrected chi connectivity index (χ0v) is 8.34. The van der Waals surface area contributed by atoms with Crippen molar-refractivity contribution in [2.45, 2.75) is 12.8 Å². The Morgan fingerprint density at radius 2 is 2.36 bits per heavy atom. The van der Waals surface area contributed by atoms with Gasteiger partial charge < -0.3 is 9.14 Å². The number of rotatable bonds is 3. The van der Waals surface area contributed by atoms with E-state index in [4.69, 9.17) is 4.74 Å². The van der Waals surface area contributed by atoms with Crippen LogP contribution in [0.4, 0.5) is 0 Å². The Morgan fingerprint density at radius 1 is 1.50 bits per heavy atom. The van der Waals surface area contributed by atoms with Gasteiger partial charge in [-0.15, -0.1) is 0 Å². The summed E-state index contributed by atoms with van der Waals surface area (Å²) in [7, 11) is 1.70. The fourth-order valence-electron chi connectivity index (χ4n) is 1.56. The average molecular weight is 191 g/mol. The van der Waals surface area contributed by atoms with Crippen LogP contribution in [0.5, 0.6) is 0 Å². The predicted octanol–water partition coefficient (Wildman–Crippen LogP) is 1.48. The molecule has 2 heterocycles. The van der Waals surface area contributed by atoms with Gasteiger partial charge in [-0.1, -0.05) is 6.92 Å². The number of methoxy groups -OCH3 is 1. The van der Waals surface area contributed by atoms with Gasteiger partial charge >= 0.3 is 0 Å². The molecule has 74 valence electrons. The van der Waals surface area contributed by atoms with Crippen molar-refractivity contribution in [3.8, 4) is 0 Å². The second kappa shape index (κ2) is 3.75. The maximum Gasteiger partial charge on any atom is 0.118 e. The topological polar surface area (TPSA) is 39.4 Å². The highest BCUT2D eigenvalue weighted by Gasteiger charge is 2.10. The first-order chi connectivity index (χ1) is 6.83. The van der Waals surface area contributed by atoms with Gasteiger partial charge in [-0.3, -0.25) is 4.98 Å². The summed E-state index contributed by atoms with van der Waals surface area (Å²) in [6, 6.07) is 0. The Morgan fingerprint density at radius 3 is 3.14 bits per heavy atom. The number of nitrogens with zero attached hydrogens (tertiary/aromatic N) is 3. The molecule has 0 aliphatic carbocycles. The van der Waals surface area contributed by atoms with Gasteiger partial charge in [0.25, 0.3) is 0 Å². The molecule has 0 bridgehead atoms. The lowest BCUT2D eigenvalue weighted by Gasteiger charge is -2.08. The Kier molecular flexibility index (Phi) is 2.45. The Balaban J connectivity index is 2.42. The second-order valence-electron chi connectivity index (χ2n) is 3.34.